The Morgan fingerprint density at radius 1 is 1.44 bits per heavy atom. The van der Waals surface area contributed by atoms with E-state index in [1.807, 2.05) is 13.0 Å². The molecule has 2 atom stereocenters. The Balaban J connectivity index is 2.60. The predicted molar refractivity (Wildman–Crippen MR) is 63.9 cm³/mol. The van der Waals surface area contributed by atoms with Crippen LogP contribution in [0.3, 0.4) is 0 Å². The van der Waals surface area contributed by atoms with Crippen LogP contribution in [0.25, 0.3) is 0 Å². The Morgan fingerprint density at radius 3 is 2.75 bits per heavy atom. The van der Waals surface area contributed by atoms with E-state index in [4.69, 9.17) is 4.74 Å². The van der Waals surface area contributed by atoms with Gasteiger partial charge in [0.15, 0.2) is 0 Å². The number of nitrogens with one attached hydrogen (secondary N) is 1. The lowest BCUT2D eigenvalue weighted by molar-refractivity contribution is 0.159. The molecule has 0 radical (unpaired) electrons. The molecule has 0 saturated heterocycles. The Kier molecular flexibility index (Phi) is 5.43. The monoisotopic (exact) mass is 225 g/mol. The molecule has 0 aliphatic heterocycles. The molecule has 90 valence electrons. The quantitative estimate of drug-likeness (QED) is 0.803. The summed E-state index contributed by atoms with van der Waals surface area (Å²) in [5.74, 6) is -0.189. The highest BCUT2D eigenvalue weighted by atomic mass is 19.1. The lowest BCUT2D eigenvalue weighted by Crippen LogP contribution is -2.34. The van der Waals surface area contributed by atoms with E-state index in [0.717, 1.165) is 12.0 Å². The number of methoxy groups -OCH3 is 1. The molecule has 0 aromatic heterocycles. The summed E-state index contributed by atoms with van der Waals surface area (Å²) in [6, 6.07) is 7.14. The van der Waals surface area contributed by atoms with Gasteiger partial charge in [0, 0.05) is 19.2 Å². The molecule has 0 fully saturated rings. The van der Waals surface area contributed by atoms with Crippen molar-refractivity contribution in [2.24, 2.45) is 0 Å². The maximum Gasteiger partial charge on any atom is 0.123 e. The van der Waals surface area contributed by atoms with E-state index in [9.17, 15) is 4.39 Å². The van der Waals surface area contributed by atoms with Crippen molar-refractivity contribution in [1.29, 1.82) is 0 Å². The van der Waals surface area contributed by atoms with Crippen molar-refractivity contribution in [3.63, 3.8) is 0 Å². The van der Waals surface area contributed by atoms with Gasteiger partial charge in [-0.3, -0.25) is 0 Å². The van der Waals surface area contributed by atoms with Gasteiger partial charge in [-0.15, -0.1) is 0 Å². The van der Waals surface area contributed by atoms with Gasteiger partial charge < -0.3 is 10.1 Å². The van der Waals surface area contributed by atoms with Gasteiger partial charge >= 0.3 is 0 Å². The molecule has 1 aromatic carbocycles. The summed E-state index contributed by atoms with van der Waals surface area (Å²) in [5, 5.41) is 3.42. The highest BCUT2D eigenvalue weighted by Crippen LogP contribution is 2.14. The summed E-state index contributed by atoms with van der Waals surface area (Å²) >= 11 is 0. The van der Waals surface area contributed by atoms with Crippen molar-refractivity contribution in [3.8, 4) is 0 Å². The molecule has 1 aromatic rings. The van der Waals surface area contributed by atoms with E-state index >= 15 is 0 Å². The van der Waals surface area contributed by atoms with Crippen LogP contribution in [0.4, 0.5) is 4.39 Å². The van der Waals surface area contributed by atoms with Crippen LogP contribution in [0.1, 0.15) is 31.9 Å². The molecule has 3 heteroatoms. The fourth-order valence-electron chi connectivity index (χ4n) is 1.71. The number of halogens is 1. The SMILES string of the molecule is CCC(COC)N[C@@H](C)c1cccc(F)c1. The Bertz CT molecular complexity index is 317. The predicted octanol–water partition coefficient (Wildman–Crippen LogP) is 2.90. The van der Waals surface area contributed by atoms with Crippen molar-refractivity contribution in [2.75, 3.05) is 13.7 Å². The zero-order valence-electron chi connectivity index (χ0n) is 10.2. The highest BCUT2D eigenvalue weighted by molar-refractivity contribution is 5.19. The fourth-order valence-corrected chi connectivity index (χ4v) is 1.71. The molecule has 0 aliphatic carbocycles. The van der Waals surface area contributed by atoms with Crippen LogP contribution < -0.4 is 5.32 Å². The third kappa shape index (κ3) is 3.91. The minimum absolute atomic E-state index is 0.135. The lowest BCUT2D eigenvalue weighted by Gasteiger charge is -2.22. The van der Waals surface area contributed by atoms with Gasteiger partial charge in [0.2, 0.25) is 0 Å². The van der Waals surface area contributed by atoms with Crippen LogP contribution in [0.2, 0.25) is 0 Å². The molecule has 0 aliphatic rings. The molecule has 0 spiro atoms. The average molecular weight is 225 g/mol. The van der Waals surface area contributed by atoms with Gasteiger partial charge in [-0.2, -0.15) is 0 Å². The molecule has 2 nitrogen and oxygen atoms in total. The fraction of sp³-hybridized carbons (Fsp3) is 0.538. The molecule has 0 heterocycles. The summed E-state index contributed by atoms with van der Waals surface area (Å²) < 4.78 is 18.2. The number of hydrogen-bond donors (Lipinski definition) is 1. The van der Waals surface area contributed by atoms with Crippen molar-refractivity contribution >= 4 is 0 Å². The Labute approximate surface area is 96.8 Å². The van der Waals surface area contributed by atoms with Crippen LogP contribution in [-0.4, -0.2) is 19.8 Å². The van der Waals surface area contributed by atoms with Crippen molar-refractivity contribution in [3.05, 3.63) is 35.6 Å². The van der Waals surface area contributed by atoms with Crippen LogP contribution >= 0.6 is 0 Å². The van der Waals surface area contributed by atoms with Crippen molar-refractivity contribution in [1.82, 2.24) is 5.32 Å². The molecule has 0 saturated carbocycles. The smallest absolute Gasteiger partial charge is 0.123 e. The Morgan fingerprint density at radius 2 is 2.19 bits per heavy atom. The number of rotatable bonds is 6. The van der Waals surface area contributed by atoms with E-state index in [2.05, 4.69) is 12.2 Å². The van der Waals surface area contributed by atoms with E-state index in [1.54, 1.807) is 19.2 Å². The van der Waals surface area contributed by atoms with Gasteiger partial charge in [-0.05, 0) is 31.0 Å². The first-order chi connectivity index (χ1) is 7.67. The second-order valence-corrected chi connectivity index (χ2v) is 4.00. The third-order valence-electron chi connectivity index (χ3n) is 2.70. The topological polar surface area (TPSA) is 21.3 Å². The second-order valence-electron chi connectivity index (χ2n) is 4.00. The molecule has 0 bridgehead atoms. The van der Waals surface area contributed by atoms with E-state index in [1.165, 1.54) is 6.07 Å². The number of ether oxygens (including phenoxy) is 1. The van der Waals surface area contributed by atoms with Crippen LogP contribution in [-0.2, 0) is 4.74 Å². The summed E-state index contributed by atoms with van der Waals surface area (Å²) in [7, 11) is 1.69. The van der Waals surface area contributed by atoms with Gasteiger partial charge in [0.05, 0.1) is 6.61 Å². The number of hydrogen-bond acceptors (Lipinski definition) is 2. The lowest BCUT2D eigenvalue weighted by atomic mass is 10.1. The van der Waals surface area contributed by atoms with Crippen molar-refractivity contribution in [2.45, 2.75) is 32.4 Å². The van der Waals surface area contributed by atoms with Gasteiger partial charge in [-0.25, -0.2) is 4.39 Å². The summed E-state index contributed by atoms with van der Waals surface area (Å²) in [4.78, 5) is 0. The molecule has 1 rings (SSSR count). The molecule has 1 unspecified atom stereocenters. The minimum atomic E-state index is -0.189. The maximum absolute atomic E-state index is 13.0. The molecular weight excluding hydrogens is 205 g/mol. The standard InChI is InChI=1S/C13H20FNO/c1-4-13(9-16-3)15-10(2)11-6-5-7-12(14)8-11/h5-8,10,13,15H,4,9H2,1-3H3/t10-,13?/m0/s1. The van der Waals surface area contributed by atoms with Crippen LogP contribution in [0.5, 0.6) is 0 Å². The van der Waals surface area contributed by atoms with E-state index < -0.39 is 0 Å². The first kappa shape index (κ1) is 13.1. The molecular formula is C13H20FNO. The Hall–Kier alpha value is -0.930. The summed E-state index contributed by atoms with van der Waals surface area (Å²) in [5.41, 5.74) is 0.967. The third-order valence-corrected chi connectivity index (χ3v) is 2.70. The second kappa shape index (κ2) is 6.61. The zero-order chi connectivity index (χ0) is 12.0. The highest BCUT2D eigenvalue weighted by Gasteiger charge is 2.11. The van der Waals surface area contributed by atoms with Gasteiger partial charge in [0.25, 0.3) is 0 Å². The van der Waals surface area contributed by atoms with E-state index in [-0.39, 0.29) is 11.9 Å². The van der Waals surface area contributed by atoms with Crippen LogP contribution in [0.15, 0.2) is 24.3 Å². The largest absolute Gasteiger partial charge is 0.383 e. The minimum Gasteiger partial charge on any atom is -0.383 e. The van der Waals surface area contributed by atoms with Crippen molar-refractivity contribution < 1.29 is 9.13 Å². The van der Waals surface area contributed by atoms with Crippen LogP contribution in [0, 0.1) is 5.82 Å². The number of benzene rings is 1. The first-order valence-corrected chi connectivity index (χ1v) is 5.67. The molecule has 0 amide bonds. The summed E-state index contributed by atoms with van der Waals surface area (Å²) in [6.07, 6.45) is 0.994. The summed E-state index contributed by atoms with van der Waals surface area (Å²) in [6.45, 7) is 4.82. The molecule has 16 heavy (non-hydrogen) atoms. The first-order valence-electron chi connectivity index (χ1n) is 5.67. The van der Waals surface area contributed by atoms with E-state index in [0.29, 0.717) is 12.6 Å². The van der Waals surface area contributed by atoms with Gasteiger partial charge in [0.1, 0.15) is 5.82 Å². The average Bonchev–Trinajstić information content (AvgIpc) is 2.28. The normalized spacial score (nSPS) is 14.8. The zero-order valence-corrected chi connectivity index (χ0v) is 10.2. The van der Waals surface area contributed by atoms with Gasteiger partial charge in [-0.1, -0.05) is 19.1 Å². The maximum atomic E-state index is 13.0. The molecule has 1 N–H and O–H groups in total.